The van der Waals surface area contributed by atoms with Crippen molar-refractivity contribution in [3.8, 4) is 0 Å². The standard InChI is InChI=1S/C11H22N2O3/c1-10(11(14)15)4-5-12-6-8-16-9-7-13(2)3/h4,12H,5-9H2,1-3H3,(H,14,15)/b10-4-. The second kappa shape index (κ2) is 9.33. The Labute approximate surface area is 97.1 Å². The lowest BCUT2D eigenvalue weighted by Gasteiger charge is -2.09. The molecular weight excluding hydrogens is 208 g/mol. The van der Waals surface area contributed by atoms with Crippen molar-refractivity contribution in [1.82, 2.24) is 10.2 Å². The first-order valence-corrected chi connectivity index (χ1v) is 5.37. The van der Waals surface area contributed by atoms with Crippen LogP contribution in [0.3, 0.4) is 0 Å². The van der Waals surface area contributed by atoms with Crippen LogP contribution in [0.4, 0.5) is 0 Å². The summed E-state index contributed by atoms with van der Waals surface area (Å²) in [5.41, 5.74) is 0.362. The Kier molecular flexibility index (Phi) is 8.80. The Balaban J connectivity index is 3.28. The molecule has 0 heterocycles. The van der Waals surface area contributed by atoms with Gasteiger partial charge in [0.1, 0.15) is 0 Å². The quantitative estimate of drug-likeness (QED) is 0.437. The van der Waals surface area contributed by atoms with Gasteiger partial charge in [-0.1, -0.05) is 6.08 Å². The van der Waals surface area contributed by atoms with E-state index in [4.69, 9.17) is 9.84 Å². The van der Waals surface area contributed by atoms with Crippen molar-refractivity contribution >= 4 is 5.97 Å². The van der Waals surface area contributed by atoms with Gasteiger partial charge in [-0.15, -0.1) is 0 Å². The van der Waals surface area contributed by atoms with Crippen molar-refractivity contribution in [1.29, 1.82) is 0 Å². The van der Waals surface area contributed by atoms with Gasteiger partial charge in [0.15, 0.2) is 0 Å². The first-order valence-electron chi connectivity index (χ1n) is 5.37. The van der Waals surface area contributed by atoms with E-state index >= 15 is 0 Å². The molecule has 2 N–H and O–H groups in total. The molecule has 0 fully saturated rings. The summed E-state index contributed by atoms with van der Waals surface area (Å²) in [6.07, 6.45) is 1.65. The van der Waals surface area contributed by atoms with E-state index in [1.807, 2.05) is 14.1 Å². The second-order valence-corrected chi connectivity index (χ2v) is 3.81. The van der Waals surface area contributed by atoms with E-state index in [1.165, 1.54) is 0 Å². The molecule has 0 aliphatic heterocycles. The van der Waals surface area contributed by atoms with Gasteiger partial charge < -0.3 is 20.1 Å². The van der Waals surface area contributed by atoms with Gasteiger partial charge in [0.2, 0.25) is 0 Å². The van der Waals surface area contributed by atoms with Crippen LogP contribution in [0, 0.1) is 0 Å². The van der Waals surface area contributed by atoms with Crippen LogP contribution in [0.5, 0.6) is 0 Å². The summed E-state index contributed by atoms with van der Waals surface area (Å²) in [5.74, 6) is -0.871. The predicted octanol–water partition coefficient (Wildman–Crippen LogP) is 0.185. The lowest BCUT2D eigenvalue weighted by atomic mass is 10.3. The van der Waals surface area contributed by atoms with Crippen LogP contribution in [-0.2, 0) is 9.53 Å². The molecule has 94 valence electrons. The minimum Gasteiger partial charge on any atom is -0.478 e. The number of hydrogen-bond acceptors (Lipinski definition) is 4. The van der Waals surface area contributed by atoms with Gasteiger partial charge in [-0.3, -0.25) is 0 Å². The van der Waals surface area contributed by atoms with Gasteiger partial charge in [0.05, 0.1) is 13.2 Å². The van der Waals surface area contributed by atoms with Crippen LogP contribution >= 0.6 is 0 Å². The fourth-order valence-corrected chi connectivity index (χ4v) is 0.908. The van der Waals surface area contributed by atoms with Crippen molar-refractivity contribution in [2.24, 2.45) is 0 Å². The predicted molar refractivity (Wildman–Crippen MR) is 63.6 cm³/mol. The molecule has 0 radical (unpaired) electrons. The molecule has 0 amide bonds. The topological polar surface area (TPSA) is 61.8 Å². The summed E-state index contributed by atoms with van der Waals surface area (Å²) in [7, 11) is 4.00. The number of nitrogens with one attached hydrogen (secondary N) is 1. The maximum atomic E-state index is 10.4. The Bertz CT molecular complexity index is 227. The zero-order valence-corrected chi connectivity index (χ0v) is 10.3. The number of rotatable bonds is 9. The van der Waals surface area contributed by atoms with Crippen LogP contribution < -0.4 is 5.32 Å². The molecule has 16 heavy (non-hydrogen) atoms. The van der Waals surface area contributed by atoms with Crippen molar-refractivity contribution in [2.45, 2.75) is 6.92 Å². The third kappa shape index (κ3) is 9.64. The molecule has 0 saturated heterocycles. The molecule has 0 aromatic heterocycles. The smallest absolute Gasteiger partial charge is 0.330 e. The van der Waals surface area contributed by atoms with Crippen LogP contribution in [0.15, 0.2) is 11.6 Å². The zero-order valence-electron chi connectivity index (χ0n) is 10.3. The maximum absolute atomic E-state index is 10.4. The molecule has 0 rings (SSSR count). The lowest BCUT2D eigenvalue weighted by Crippen LogP contribution is -2.23. The molecule has 0 spiro atoms. The number of carboxylic acid groups (broad SMARTS) is 1. The van der Waals surface area contributed by atoms with E-state index < -0.39 is 5.97 Å². The van der Waals surface area contributed by atoms with Crippen molar-refractivity contribution in [2.75, 3.05) is 46.9 Å². The van der Waals surface area contributed by atoms with E-state index in [1.54, 1.807) is 13.0 Å². The molecule has 0 aliphatic carbocycles. The molecule has 5 heteroatoms. The Hall–Kier alpha value is -0.910. The maximum Gasteiger partial charge on any atom is 0.330 e. The number of carboxylic acids is 1. The summed E-state index contributed by atoms with van der Waals surface area (Å²) >= 11 is 0. The summed E-state index contributed by atoms with van der Waals surface area (Å²) < 4.78 is 5.36. The van der Waals surface area contributed by atoms with Gasteiger partial charge in [-0.25, -0.2) is 4.79 Å². The molecule has 0 unspecified atom stereocenters. The number of ether oxygens (including phenoxy) is 1. The highest BCUT2D eigenvalue weighted by Gasteiger charge is 1.97. The zero-order chi connectivity index (χ0) is 12.4. The molecule has 0 aromatic carbocycles. The number of carbonyl (C=O) groups is 1. The molecule has 0 aliphatic rings. The molecule has 0 atom stereocenters. The van der Waals surface area contributed by atoms with Crippen molar-refractivity contribution < 1.29 is 14.6 Å². The number of nitrogens with zero attached hydrogens (tertiary/aromatic N) is 1. The highest BCUT2D eigenvalue weighted by Crippen LogP contribution is 1.89. The van der Waals surface area contributed by atoms with E-state index in [0.29, 0.717) is 18.7 Å². The van der Waals surface area contributed by atoms with Gasteiger partial charge in [-0.2, -0.15) is 0 Å². The third-order valence-electron chi connectivity index (χ3n) is 2.00. The molecule has 0 aromatic rings. The lowest BCUT2D eigenvalue weighted by molar-refractivity contribution is -0.132. The van der Waals surface area contributed by atoms with Crippen molar-refractivity contribution in [3.63, 3.8) is 0 Å². The van der Waals surface area contributed by atoms with E-state index in [0.717, 1.165) is 19.7 Å². The average Bonchev–Trinajstić information content (AvgIpc) is 2.21. The summed E-state index contributed by atoms with van der Waals surface area (Å²) in [4.78, 5) is 12.5. The highest BCUT2D eigenvalue weighted by atomic mass is 16.5. The number of likely N-dealkylation sites (N-methyl/N-ethyl adjacent to an activating group) is 1. The molecular formula is C11H22N2O3. The van der Waals surface area contributed by atoms with Crippen LogP contribution in [0.2, 0.25) is 0 Å². The summed E-state index contributed by atoms with van der Waals surface area (Å²) in [6.45, 7) is 5.16. The average molecular weight is 230 g/mol. The second-order valence-electron chi connectivity index (χ2n) is 3.81. The fraction of sp³-hybridized carbons (Fsp3) is 0.727. The SMILES string of the molecule is C/C(=C/CNCCOCCN(C)C)C(=O)O. The van der Waals surface area contributed by atoms with Gasteiger partial charge in [0.25, 0.3) is 0 Å². The number of hydrogen-bond donors (Lipinski definition) is 2. The summed E-state index contributed by atoms with van der Waals surface area (Å²) in [5, 5.41) is 11.7. The first kappa shape index (κ1) is 15.1. The van der Waals surface area contributed by atoms with Gasteiger partial charge >= 0.3 is 5.97 Å². The van der Waals surface area contributed by atoms with Crippen LogP contribution in [0.25, 0.3) is 0 Å². The van der Waals surface area contributed by atoms with Gasteiger partial charge in [0, 0.05) is 25.2 Å². The fourth-order valence-electron chi connectivity index (χ4n) is 0.908. The van der Waals surface area contributed by atoms with Gasteiger partial charge in [-0.05, 0) is 21.0 Å². The normalized spacial score (nSPS) is 12.1. The Morgan fingerprint density at radius 1 is 1.44 bits per heavy atom. The Morgan fingerprint density at radius 2 is 2.12 bits per heavy atom. The summed E-state index contributed by atoms with van der Waals surface area (Å²) in [6, 6.07) is 0. The molecule has 0 bridgehead atoms. The van der Waals surface area contributed by atoms with E-state index in [9.17, 15) is 4.79 Å². The molecule has 5 nitrogen and oxygen atoms in total. The Morgan fingerprint density at radius 3 is 2.69 bits per heavy atom. The van der Waals surface area contributed by atoms with E-state index in [-0.39, 0.29) is 0 Å². The minimum atomic E-state index is -0.871. The minimum absolute atomic E-state index is 0.362. The van der Waals surface area contributed by atoms with Crippen molar-refractivity contribution in [3.05, 3.63) is 11.6 Å². The largest absolute Gasteiger partial charge is 0.478 e. The number of aliphatic carboxylic acids is 1. The van der Waals surface area contributed by atoms with Crippen LogP contribution in [0.1, 0.15) is 6.92 Å². The van der Waals surface area contributed by atoms with Crippen LogP contribution in [-0.4, -0.2) is 62.9 Å². The third-order valence-corrected chi connectivity index (χ3v) is 2.00. The molecule has 0 saturated carbocycles. The first-order chi connectivity index (χ1) is 7.54. The monoisotopic (exact) mass is 230 g/mol. The highest BCUT2D eigenvalue weighted by molar-refractivity contribution is 5.85. The van der Waals surface area contributed by atoms with E-state index in [2.05, 4.69) is 10.2 Å².